The van der Waals surface area contributed by atoms with Gasteiger partial charge in [-0.3, -0.25) is 4.90 Å². The van der Waals surface area contributed by atoms with Gasteiger partial charge in [-0.05, 0) is 38.0 Å². The van der Waals surface area contributed by atoms with Crippen molar-refractivity contribution in [1.82, 2.24) is 14.8 Å². The Bertz CT molecular complexity index is 933. The summed E-state index contributed by atoms with van der Waals surface area (Å²) >= 11 is 1.67. The van der Waals surface area contributed by atoms with Crippen molar-refractivity contribution in [3.63, 3.8) is 0 Å². The summed E-state index contributed by atoms with van der Waals surface area (Å²) in [6, 6.07) is 5.25. The van der Waals surface area contributed by atoms with E-state index in [9.17, 15) is 9.59 Å². The highest BCUT2D eigenvalue weighted by atomic mass is 32.1. The predicted molar refractivity (Wildman–Crippen MR) is 122 cm³/mol. The molecule has 1 aromatic carbocycles. The topological polar surface area (TPSA) is 78.0 Å². The Hall–Kier alpha value is -2.65. The molecule has 0 unspecified atom stereocenters. The van der Waals surface area contributed by atoms with Gasteiger partial charge in [-0.25, -0.2) is 14.6 Å². The van der Waals surface area contributed by atoms with E-state index in [0.29, 0.717) is 24.3 Å². The first-order chi connectivity index (χ1) is 15.0. The number of urea groups is 1. The molecule has 166 valence electrons. The fourth-order valence-corrected chi connectivity index (χ4v) is 4.73. The number of anilines is 2. The van der Waals surface area contributed by atoms with Crippen molar-refractivity contribution in [2.45, 2.75) is 26.3 Å². The normalized spacial score (nSPS) is 17.1. The minimum absolute atomic E-state index is 0.133. The molecule has 2 saturated heterocycles. The van der Waals surface area contributed by atoms with Crippen molar-refractivity contribution in [3.8, 4) is 0 Å². The Morgan fingerprint density at radius 3 is 2.52 bits per heavy atom. The number of hydrogen-bond acceptors (Lipinski definition) is 7. The van der Waals surface area contributed by atoms with E-state index >= 15 is 0 Å². The van der Waals surface area contributed by atoms with Gasteiger partial charge in [0.1, 0.15) is 0 Å². The highest BCUT2D eigenvalue weighted by molar-refractivity contribution is 7.09. The molecule has 1 aromatic heterocycles. The molecule has 2 aromatic rings. The molecule has 3 heterocycles. The number of thiazole rings is 1. The molecule has 31 heavy (non-hydrogen) atoms. The van der Waals surface area contributed by atoms with E-state index in [1.54, 1.807) is 23.5 Å². The lowest BCUT2D eigenvalue weighted by Crippen LogP contribution is -2.49. The minimum Gasteiger partial charge on any atom is -0.465 e. The van der Waals surface area contributed by atoms with E-state index in [-0.39, 0.29) is 6.03 Å². The third kappa shape index (κ3) is 5.16. The first-order valence-electron chi connectivity index (χ1n) is 10.7. The van der Waals surface area contributed by atoms with Gasteiger partial charge in [0.25, 0.3) is 0 Å². The number of carbonyl (C=O) groups excluding carboxylic acids is 2. The van der Waals surface area contributed by atoms with E-state index in [2.05, 4.69) is 25.5 Å². The number of rotatable bonds is 5. The first kappa shape index (κ1) is 21.6. The summed E-state index contributed by atoms with van der Waals surface area (Å²) in [4.78, 5) is 36.0. The van der Waals surface area contributed by atoms with Crippen molar-refractivity contribution in [2.24, 2.45) is 0 Å². The van der Waals surface area contributed by atoms with Crippen LogP contribution in [0.2, 0.25) is 0 Å². The number of benzene rings is 1. The standard InChI is InChI=1S/C22H29N5O3S/c1-16-23-18(15-31-16)14-25-9-11-27(12-10-25)22(29)24-19-13-17(21(28)30-2)5-6-20(19)26-7-3-4-8-26/h5-6,13,15H,3-4,7-12,14H2,1-2H3,(H,24,29). The zero-order valence-electron chi connectivity index (χ0n) is 18.1. The van der Waals surface area contributed by atoms with Crippen LogP contribution in [0.25, 0.3) is 0 Å². The molecule has 0 aliphatic carbocycles. The Balaban J connectivity index is 1.41. The number of methoxy groups -OCH3 is 1. The Labute approximate surface area is 186 Å². The second-order valence-corrected chi connectivity index (χ2v) is 9.03. The summed E-state index contributed by atoms with van der Waals surface area (Å²) in [5, 5.41) is 6.23. The SMILES string of the molecule is COC(=O)c1ccc(N2CCCC2)c(NC(=O)N2CCN(Cc3csc(C)n3)CC2)c1. The number of nitrogens with one attached hydrogen (secondary N) is 1. The van der Waals surface area contributed by atoms with E-state index in [1.165, 1.54) is 7.11 Å². The maximum Gasteiger partial charge on any atom is 0.337 e. The molecule has 1 N–H and O–H groups in total. The van der Waals surface area contributed by atoms with Gasteiger partial charge in [0.15, 0.2) is 0 Å². The second kappa shape index (κ2) is 9.65. The van der Waals surface area contributed by atoms with Gasteiger partial charge in [-0.1, -0.05) is 0 Å². The van der Waals surface area contributed by atoms with Gasteiger partial charge >= 0.3 is 12.0 Å². The van der Waals surface area contributed by atoms with Crippen LogP contribution in [-0.4, -0.2) is 73.2 Å². The summed E-state index contributed by atoms with van der Waals surface area (Å²) in [6.07, 6.45) is 2.26. The third-order valence-corrected chi connectivity index (χ3v) is 6.64. The first-order valence-corrected chi connectivity index (χ1v) is 11.6. The Morgan fingerprint density at radius 1 is 1.13 bits per heavy atom. The Morgan fingerprint density at radius 2 is 1.87 bits per heavy atom. The molecule has 2 aliphatic heterocycles. The molecule has 2 amide bonds. The Kier molecular flexibility index (Phi) is 6.72. The van der Waals surface area contributed by atoms with E-state index < -0.39 is 5.97 Å². The molecule has 2 fully saturated rings. The van der Waals surface area contributed by atoms with Crippen LogP contribution in [-0.2, 0) is 11.3 Å². The van der Waals surface area contributed by atoms with Crippen LogP contribution in [0.15, 0.2) is 23.6 Å². The zero-order chi connectivity index (χ0) is 21.8. The number of aromatic nitrogens is 1. The van der Waals surface area contributed by atoms with Gasteiger partial charge in [-0.2, -0.15) is 0 Å². The lowest BCUT2D eigenvalue weighted by atomic mass is 10.1. The fourth-order valence-electron chi connectivity index (χ4n) is 4.13. The number of aryl methyl sites for hydroxylation is 1. The monoisotopic (exact) mass is 443 g/mol. The number of ether oxygens (including phenoxy) is 1. The summed E-state index contributed by atoms with van der Waals surface area (Å²) in [6.45, 7) is 7.68. The maximum atomic E-state index is 13.0. The highest BCUT2D eigenvalue weighted by Crippen LogP contribution is 2.30. The van der Waals surface area contributed by atoms with Crippen molar-refractivity contribution in [3.05, 3.63) is 39.8 Å². The largest absolute Gasteiger partial charge is 0.465 e. The van der Waals surface area contributed by atoms with Gasteiger partial charge in [0.2, 0.25) is 0 Å². The molecule has 2 aliphatic rings. The third-order valence-electron chi connectivity index (χ3n) is 5.82. The van der Waals surface area contributed by atoms with E-state index in [0.717, 1.165) is 62.0 Å². The fraction of sp³-hybridized carbons (Fsp3) is 0.500. The van der Waals surface area contributed by atoms with E-state index in [1.807, 2.05) is 17.9 Å². The van der Waals surface area contributed by atoms with E-state index in [4.69, 9.17) is 4.74 Å². The van der Waals surface area contributed by atoms with Gasteiger partial charge in [-0.15, -0.1) is 11.3 Å². The number of esters is 1. The van der Waals surface area contributed by atoms with Crippen LogP contribution < -0.4 is 10.2 Å². The second-order valence-electron chi connectivity index (χ2n) is 7.97. The molecule has 9 heteroatoms. The molecular weight excluding hydrogens is 414 g/mol. The van der Waals surface area contributed by atoms with Crippen LogP contribution in [0.4, 0.5) is 16.2 Å². The predicted octanol–water partition coefficient (Wildman–Crippen LogP) is 3.19. The van der Waals surface area contributed by atoms with Crippen molar-refractivity contribution in [2.75, 3.05) is 56.6 Å². The minimum atomic E-state index is -0.408. The molecule has 0 radical (unpaired) electrons. The van der Waals surface area contributed by atoms with Gasteiger partial charge in [0, 0.05) is 51.2 Å². The van der Waals surface area contributed by atoms with Gasteiger partial charge < -0.3 is 19.9 Å². The van der Waals surface area contributed by atoms with Crippen LogP contribution in [0.3, 0.4) is 0 Å². The average Bonchev–Trinajstić information content (AvgIpc) is 3.45. The number of carbonyl (C=O) groups is 2. The average molecular weight is 444 g/mol. The lowest BCUT2D eigenvalue weighted by Gasteiger charge is -2.34. The summed E-state index contributed by atoms with van der Waals surface area (Å²) < 4.78 is 4.85. The van der Waals surface area contributed by atoms with Crippen LogP contribution >= 0.6 is 11.3 Å². The van der Waals surface area contributed by atoms with Crippen LogP contribution in [0, 0.1) is 6.92 Å². The smallest absolute Gasteiger partial charge is 0.337 e. The summed E-state index contributed by atoms with van der Waals surface area (Å²) in [7, 11) is 1.36. The lowest BCUT2D eigenvalue weighted by molar-refractivity contribution is 0.0600. The number of nitrogens with zero attached hydrogens (tertiary/aromatic N) is 4. The molecular formula is C22H29N5O3S. The zero-order valence-corrected chi connectivity index (χ0v) is 18.9. The van der Waals surface area contributed by atoms with Crippen LogP contribution in [0.5, 0.6) is 0 Å². The van der Waals surface area contributed by atoms with Crippen LogP contribution in [0.1, 0.15) is 33.9 Å². The van der Waals surface area contributed by atoms with Crippen molar-refractivity contribution >= 4 is 34.7 Å². The number of piperazine rings is 1. The number of hydrogen-bond donors (Lipinski definition) is 1. The maximum absolute atomic E-state index is 13.0. The molecule has 0 saturated carbocycles. The molecule has 0 bridgehead atoms. The van der Waals surface area contributed by atoms with Crippen molar-refractivity contribution < 1.29 is 14.3 Å². The summed E-state index contributed by atoms with van der Waals surface area (Å²) in [5.41, 5.74) is 3.14. The highest BCUT2D eigenvalue weighted by Gasteiger charge is 2.24. The number of amides is 2. The summed E-state index contributed by atoms with van der Waals surface area (Å²) in [5.74, 6) is -0.408. The molecule has 0 spiro atoms. The van der Waals surface area contributed by atoms with Crippen molar-refractivity contribution in [1.29, 1.82) is 0 Å². The van der Waals surface area contributed by atoms with Gasteiger partial charge in [0.05, 0.1) is 34.7 Å². The molecule has 8 nitrogen and oxygen atoms in total. The molecule has 0 atom stereocenters. The quantitative estimate of drug-likeness (QED) is 0.715. The molecule has 4 rings (SSSR count).